The van der Waals surface area contributed by atoms with Gasteiger partial charge in [-0.3, -0.25) is 0 Å². The second-order valence-electron chi connectivity index (χ2n) is 6.12. The first-order valence-electron chi connectivity index (χ1n) is 7.15. The van der Waals surface area contributed by atoms with Crippen LogP contribution in [-0.2, 0) is 16.3 Å². The van der Waals surface area contributed by atoms with Gasteiger partial charge in [-0.1, -0.05) is 17.7 Å². The Bertz CT molecular complexity index is 612. The van der Waals surface area contributed by atoms with Crippen LogP contribution in [-0.4, -0.2) is 32.1 Å². The standard InChI is InChI=1S/C15H21NO3S/c1-10-2-3-15-12(6-10)7-13(19-15)8-14(16)11-4-5-20(17,18)9-11/h2-3,6,11,13-14H,4-5,7-9,16H2,1H3. The molecule has 2 aliphatic heterocycles. The summed E-state index contributed by atoms with van der Waals surface area (Å²) in [5.74, 6) is 1.57. The SMILES string of the molecule is Cc1ccc2c(c1)CC(CC(N)C1CCS(=O)(=O)C1)O2. The number of benzene rings is 1. The molecule has 0 saturated carbocycles. The van der Waals surface area contributed by atoms with Gasteiger partial charge in [0.15, 0.2) is 9.84 Å². The molecule has 20 heavy (non-hydrogen) atoms. The third-order valence-corrected chi connectivity index (χ3v) is 6.16. The first-order valence-corrected chi connectivity index (χ1v) is 8.97. The molecule has 3 rings (SSSR count). The summed E-state index contributed by atoms with van der Waals surface area (Å²) in [6.45, 7) is 2.07. The monoisotopic (exact) mass is 295 g/mol. The summed E-state index contributed by atoms with van der Waals surface area (Å²) >= 11 is 0. The molecule has 2 N–H and O–H groups in total. The van der Waals surface area contributed by atoms with Crippen molar-refractivity contribution in [2.75, 3.05) is 11.5 Å². The van der Waals surface area contributed by atoms with Gasteiger partial charge in [0.2, 0.25) is 0 Å². The van der Waals surface area contributed by atoms with E-state index in [9.17, 15) is 8.42 Å². The molecule has 1 fully saturated rings. The number of nitrogens with two attached hydrogens (primary N) is 1. The fourth-order valence-corrected chi connectivity index (χ4v) is 5.13. The zero-order chi connectivity index (χ0) is 14.3. The molecule has 4 nitrogen and oxygen atoms in total. The quantitative estimate of drug-likeness (QED) is 0.916. The van der Waals surface area contributed by atoms with E-state index < -0.39 is 9.84 Å². The number of ether oxygens (including phenoxy) is 1. The van der Waals surface area contributed by atoms with Crippen LogP contribution in [0.5, 0.6) is 5.75 Å². The highest BCUT2D eigenvalue weighted by Crippen LogP contribution is 2.32. The lowest BCUT2D eigenvalue weighted by atomic mass is 9.93. The summed E-state index contributed by atoms with van der Waals surface area (Å²) in [5, 5.41) is 0. The average Bonchev–Trinajstić information content (AvgIpc) is 2.91. The molecule has 3 atom stereocenters. The smallest absolute Gasteiger partial charge is 0.150 e. The third-order valence-electron chi connectivity index (χ3n) is 4.37. The van der Waals surface area contributed by atoms with Crippen LogP contribution in [0.1, 0.15) is 24.0 Å². The Labute approximate surface area is 120 Å². The Morgan fingerprint density at radius 3 is 2.95 bits per heavy atom. The molecule has 1 saturated heterocycles. The van der Waals surface area contributed by atoms with E-state index in [2.05, 4.69) is 13.0 Å². The third kappa shape index (κ3) is 2.83. The second kappa shape index (κ2) is 5.04. The molecule has 2 aliphatic rings. The van der Waals surface area contributed by atoms with Crippen LogP contribution in [0.3, 0.4) is 0 Å². The number of fused-ring (bicyclic) bond motifs is 1. The number of hydrogen-bond acceptors (Lipinski definition) is 4. The maximum Gasteiger partial charge on any atom is 0.150 e. The molecule has 0 aliphatic carbocycles. The van der Waals surface area contributed by atoms with Gasteiger partial charge in [-0.05, 0) is 30.9 Å². The molecule has 0 amide bonds. The summed E-state index contributed by atoms with van der Waals surface area (Å²) in [4.78, 5) is 0. The van der Waals surface area contributed by atoms with E-state index in [-0.39, 0.29) is 29.6 Å². The Hall–Kier alpha value is -1.07. The number of hydrogen-bond donors (Lipinski definition) is 1. The molecule has 1 aromatic rings. The van der Waals surface area contributed by atoms with Crippen molar-refractivity contribution in [3.63, 3.8) is 0 Å². The predicted octanol–water partition coefficient (Wildman–Crippen LogP) is 1.45. The first kappa shape index (κ1) is 13.9. The largest absolute Gasteiger partial charge is 0.490 e. The Kier molecular flexibility index (Phi) is 3.50. The van der Waals surface area contributed by atoms with Gasteiger partial charge in [-0.2, -0.15) is 0 Å². The van der Waals surface area contributed by atoms with Crippen molar-refractivity contribution in [2.24, 2.45) is 11.7 Å². The van der Waals surface area contributed by atoms with E-state index in [0.29, 0.717) is 6.42 Å². The lowest BCUT2D eigenvalue weighted by Gasteiger charge is -2.21. The number of aryl methyl sites for hydroxylation is 1. The highest BCUT2D eigenvalue weighted by Gasteiger charge is 2.34. The van der Waals surface area contributed by atoms with E-state index in [1.54, 1.807) is 0 Å². The fraction of sp³-hybridized carbons (Fsp3) is 0.600. The maximum atomic E-state index is 11.5. The van der Waals surface area contributed by atoms with Gasteiger partial charge < -0.3 is 10.5 Å². The first-order chi connectivity index (χ1) is 9.43. The van der Waals surface area contributed by atoms with Gasteiger partial charge in [0.1, 0.15) is 11.9 Å². The predicted molar refractivity (Wildman–Crippen MR) is 78.7 cm³/mol. The highest BCUT2D eigenvalue weighted by molar-refractivity contribution is 7.91. The molecule has 1 aromatic carbocycles. The van der Waals surface area contributed by atoms with Crippen LogP contribution in [0.25, 0.3) is 0 Å². The molecule has 110 valence electrons. The van der Waals surface area contributed by atoms with Crippen molar-refractivity contribution < 1.29 is 13.2 Å². The molecule has 0 spiro atoms. The lowest BCUT2D eigenvalue weighted by Crippen LogP contribution is -2.35. The van der Waals surface area contributed by atoms with E-state index in [1.165, 1.54) is 11.1 Å². The van der Waals surface area contributed by atoms with Crippen LogP contribution < -0.4 is 10.5 Å². The summed E-state index contributed by atoms with van der Waals surface area (Å²) in [6.07, 6.45) is 2.39. The van der Waals surface area contributed by atoms with Crippen LogP contribution in [0.15, 0.2) is 18.2 Å². The maximum absolute atomic E-state index is 11.5. The van der Waals surface area contributed by atoms with Crippen molar-refractivity contribution >= 4 is 9.84 Å². The van der Waals surface area contributed by atoms with Crippen LogP contribution in [0.4, 0.5) is 0 Å². The Balaban J connectivity index is 1.61. The topological polar surface area (TPSA) is 69.4 Å². The van der Waals surface area contributed by atoms with Crippen LogP contribution >= 0.6 is 0 Å². The zero-order valence-electron chi connectivity index (χ0n) is 11.7. The molecule has 2 heterocycles. The van der Waals surface area contributed by atoms with Gasteiger partial charge >= 0.3 is 0 Å². The van der Waals surface area contributed by atoms with E-state index >= 15 is 0 Å². The minimum Gasteiger partial charge on any atom is -0.490 e. The summed E-state index contributed by atoms with van der Waals surface area (Å²) in [6, 6.07) is 6.12. The summed E-state index contributed by atoms with van der Waals surface area (Å²) < 4.78 is 28.9. The van der Waals surface area contributed by atoms with Crippen molar-refractivity contribution in [2.45, 2.75) is 38.3 Å². The minimum atomic E-state index is -2.85. The normalized spacial score (nSPS) is 28.9. The van der Waals surface area contributed by atoms with Gasteiger partial charge in [0.25, 0.3) is 0 Å². The van der Waals surface area contributed by atoms with E-state index in [1.807, 2.05) is 12.1 Å². The molecule has 0 radical (unpaired) electrons. The molecular formula is C15H21NO3S. The zero-order valence-corrected chi connectivity index (χ0v) is 12.5. The van der Waals surface area contributed by atoms with Crippen molar-refractivity contribution in [3.05, 3.63) is 29.3 Å². The molecule has 3 unspecified atom stereocenters. The Morgan fingerprint density at radius 1 is 1.45 bits per heavy atom. The van der Waals surface area contributed by atoms with E-state index in [4.69, 9.17) is 10.5 Å². The number of rotatable bonds is 3. The second-order valence-corrected chi connectivity index (χ2v) is 8.35. The highest BCUT2D eigenvalue weighted by atomic mass is 32.2. The van der Waals surface area contributed by atoms with E-state index in [0.717, 1.165) is 18.6 Å². The van der Waals surface area contributed by atoms with Gasteiger partial charge in [-0.15, -0.1) is 0 Å². The van der Waals surface area contributed by atoms with Crippen LogP contribution in [0, 0.1) is 12.8 Å². The molecule has 5 heteroatoms. The number of sulfone groups is 1. The fourth-order valence-electron chi connectivity index (χ4n) is 3.24. The van der Waals surface area contributed by atoms with Gasteiger partial charge in [-0.25, -0.2) is 8.42 Å². The van der Waals surface area contributed by atoms with Gasteiger partial charge in [0, 0.05) is 18.9 Å². The molecule has 0 aromatic heterocycles. The van der Waals surface area contributed by atoms with Crippen LogP contribution in [0.2, 0.25) is 0 Å². The van der Waals surface area contributed by atoms with Gasteiger partial charge in [0.05, 0.1) is 11.5 Å². The van der Waals surface area contributed by atoms with Crippen molar-refractivity contribution in [1.29, 1.82) is 0 Å². The van der Waals surface area contributed by atoms with Crippen molar-refractivity contribution in [3.8, 4) is 5.75 Å². The minimum absolute atomic E-state index is 0.0881. The molecular weight excluding hydrogens is 274 g/mol. The summed E-state index contributed by atoms with van der Waals surface area (Å²) in [5.41, 5.74) is 8.67. The average molecular weight is 295 g/mol. The summed E-state index contributed by atoms with van der Waals surface area (Å²) in [7, 11) is -2.85. The van der Waals surface area contributed by atoms with Crippen molar-refractivity contribution in [1.82, 2.24) is 0 Å². The molecule has 0 bridgehead atoms. The lowest BCUT2D eigenvalue weighted by molar-refractivity contribution is 0.198. The Morgan fingerprint density at radius 2 is 2.25 bits per heavy atom.